The van der Waals surface area contributed by atoms with Gasteiger partial charge < -0.3 is 10.2 Å². The number of amides is 2. The minimum absolute atomic E-state index is 0.165. The van der Waals surface area contributed by atoms with Crippen LogP contribution >= 0.6 is 0 Å². The van der Waals surface area contributed by atoms with Gasteiger partial charge in [0, 0.05) is 19.5 Å². The quantitative estimate of drug-likeness (QED) is 0.415. The standard InChI is InChI=1S/C29H35N3O4S/c1-5-30-29(34)27(19-24-12-8-6-9-13-24)31(20-25-14-10-7-11-15-25)28(33)21-32(37(4,35)36)26-17-22(2)16-23(3)18-26/h6-18,27H,5,19-21H2,1-4H3,(H,30,34)/t27-/m1/s1. The molecule has 196 valence electrons. The molecular weight excluding hydrogens is 486 g/mol. The van der Waals surface area contributed by atoms with Gasteiger partial charge >= 0.3 is 0 Å². The fraction of sp³-hybridized carbons (Fsp3) is 0.310. The van der Waals surface area contributed by atoms with E-state index in [1.54, 1.807) is 12.1 Å². The summed E-state index contributed by atoms with van der Waals surface area (Å²) in [6.45, 7) is 5.75. The third-order valence-corrected chi connectivity index (χ3v) is 7.13. The summed E-state index contributed by atoms with van der Waals surface area (Å²) in [6, 6.07) is 23.5. The lowest BCUT2D eigenvalue weighted by Gasteiger charge is -2.33. The summed E-state index contributed by atoms with van der Waals surface area (Å²) in [4.78, 5) is 28.7. The first-order valence-corrected chi connectivity index (χ1v) is 14.1. The van der Waals surface area contributed by atoms with Gasteiger partial charge in [0.2, 0.25) is 21.8 Å². The Morgan fingerprint density at radius 3 is 1.92 bits per heavy atom. The van der Waals surface area contributed by atoms with Gasteiger partial charge in [-0.15, -0.1) is 0 Å². The number of rotatable bonds is 11. The van der Waals surface area contributed by atoms with Gasteiger partial charge in [-0.2, -0.15) is 0 Å². The molecule has 8 heteroatoms. The molecule has 3 rings (SSSR count). The molecule has 3 aromatic rings. The number of hydrogen-bond donors (Lipinski definition) is 1. The number of hydrogen-bond acceptors (Lipinski definition) is 4. The van der Waals surface area contributed by atoms with Crippen LogP contribution in [0.3, 0.4) is 0 Å². The topological polar surface area (TPSA) is 86.8 Å². The van der Waals surface area contributed by atoms with Crippen molar-refractivity contribution in [2.75, 3.05) is 23.7 Å². The maximum atomic E-state index is 13.9. The minimum Gasteiger partial charge on any atom is -0.355 e. The third kappa shape index (κ3) is 7.92. The molecule has 0 spiro atoms. The van der Waals surface area contributed by atoms with E-state index in [4.69, 9.17) is 0 Å². The second-order valence-electron chi connectivity index (χ2n) is 9.22. The van der Waals surface area contributed by atoms with Crippen LogP contribution in [0.2, 0.25) is 0 Å². The highest BCUT2D eigenvalue weighted by atomic mass is 32.2. The Bertz CT molecular complexity index is 1290. The Hall–Kier alpha value is -3.65. The van der Waals surface area contributed by atoms with Gasteiger partial charge in [-0.1, -0.05) is 66.7 Å². The summed E-state index contributed by atoms with van der Waals surface area (Å²) < 4.78 is 26.8. The van der Waals surface area contributed by atoms with E-state index >= 15 is 0 Å². The molecule has 0 heterocycles. The molecule has 0 radical (unpaired) electrons. The molecule has 0 unspecified atom stereocenters. The number of likely N-dealkylation sites (N-methyl/N-ethyl adjacent to an activating group) is 1. The SMILES string of the molecule is CCNC(=O)[C@@H](Cc1ccccc1)N(Cc1ccccc1)C(=O)CN(c1cc(C)cc(C)c1)S(C)(=O)=O. The van der Waals surface area contributed by atoms with Crippen molar-refractivity contribution in [1.29, 1.82) is 0 Å². The Kier molecular flexibility index (Phi) is 9.47. The zero-order valence-corrected chi connectivity index (χ0v) is 22.7. The van der Waals surface area contributed by atoms with Gasteiger partial charge in [0.25, 0.3) is 0 Å². The van der Waals surface area contributed by atoms with Crippen molar-refractivity contribution >= 4 is 27.5 Å². The minimum atomic E-state index is -3.78. The van der Waals surface area contributed by atoms with Crippen LogP contribution in [0.5, 0.6) is 0 Å². The van der Waals surface area contributed by atoms with Gasteiger partial charge in [0.15, 0.2) is 0 Å². The van der Waals surface area contributed by atoms with Crippen LogP contribution in [0, 0.1) is 13.8 Å². The molecule has 1 N–H and O–H groups in total. The van der Waals surface area contributed by atoms with Crippen LogP contribution in [-0.4, -0.2) is 50.5 Å². The van der Waals surface area contributed by atoms with E-state index in [1.165, 1.54) is 4.90 Å². The number of anilines is 1. The van der Waals surface area contributed by atoms with E-state index in [9.17, 15) is 18.0 Å². The Balaban J connectivity index is 2.03. The summed E-state index contributed by atoms with van der Waals surface area (Å²) in [5, 5.41) is 2.85. The Morgan fingerprint density at radius 1 is 0.865 bits per heavy atom. The van der Waals surface area contributed by atoms with Crippen molar-refractivity contribution in [3.05, 3.63) is 101 Å². The maximum absolute atomic E-state index is 13.9. The molecule has 7 nitrogen and oxygen atoms in total. The van der Waals surface area contributed by atoms with E-state index in [-0.39, 0.29) is 12.5 Å². The summed E-state index contributed by atoms with van der Waals surface area (Å²) in [5.74, 6) is -0.742. The van der Waals surface area contributed by atoms with Crippen molar-refractivity contribution in [1.82, 2.24) is 10.2 Å². The van der Waals surface area contributed by atoms with Gasteiger partial charge in [0.05, 0.1) is 11.9 Å². The smallest absolute Gasteiger partial charge is 0.244 e. The number of carbonyl (C=O) groups is 2. The molecule has 1 atom stereocenters. The van der Waals surface area contributed by atoms with Crippen LogP contribution in [0.25, 0.3) is 0 Å². The van der Waals surface area contributed by atoms with Gasteiger partial charge in [-0.25, -0.2) is 8.42 Å². The maximum Gasteiger partial charge on any atom is 0.244 e. The lowest BCUT2D eigenvalue weighted by Crippen LogP contribution is -2.53. The van der Waals surface area contributed by atoms with Gasteiger partial charge in [-0.3, -0.25) is 13.9 Å². The molecule has 37 heavy (non-hydrogen) atoms. The fourth-order valence-corrected chi connectivity index (χ4v) is 5.17. The third-order valence-electron chi connectivity index (χ3n) is 5.99. The van der Waals surface area contributed by atoms with Crippen LogP contribution in [0.4, 0.5) is 5.69 Å². The van der Waals surface area contributed by atoms with Gasteiger partial charge in [-0.05, 0) is 55.2 Å². The van der Waals surface area contributed by atoms with E-state index in [0.717, 1.165) is 32.8 Å². The zero-order valence-electron chi connectivity index (χ0n) is 21.8. The largest absolute Gasteiger partial charge is 0.355 e. The average molecular weight is 522 g/mol. The first kappa shape index (κ1) is 27.9. The fourth-order valence-electron chi connectivity index (χ4n) is 4.33. The molecule has 2 amide bonds. The lowest BCUT2D eigenvalue weighted by atomic mass is 10.0. The highest BCUT2D eigenvalue weighted by Crippen LogP contribution is 2.23. The second-order valence-corrected chi connectivity index (χ2v) is 11.1. The first-order chi connectivity index (χ1) is 17.6. The molecule has 0 aromatic heterocycles. The predicted molar refractivity (Wildman–Crippen MR) is 148 cm³/mol. The predicted octanol–water partition coefficient (Wildman–Crippen LogP) is 3.85. The van der Waals surface area contributed by atoms with Crippen LogP contribution in [0.15, 0.2) is 78.9 Å². The van der Waals surface area contributed by atoms with E-state index < -0.39 is 28.5 Å². The monoisotopic (exact) mass is 521 g/mol. The highest BCUT2D eigenvalue weighted by molar-refractivity contribution is 7.92. The van der Waals surface area contributed by atoms with Crippen LogP contribution in [0.1, 0.15) is 29.2 Å². The van der Waals surface area contributed by atoms with Crippen LogP contribution in [-0.2, 0) is 32.6 Å². The van der Waals surface area contributed by atoms with E-state index in [1.807, 2.05) is 87.5 Å². The summed E-state index contributed by atoms with van der Waals surface area (Å²) >= 11 is 0. The Labute approximate surface area is 220 Å². The van der Waals surface area contributed by atoms with Crippen molar-refractivity contribution in [3.8, 4) is 0 Å². The second kappa shape index (κ2) is 12.5. The number of carbonyl (C=O) groups excluding carboxylic acids is 2. The molecule has 0 aliphatic heterocycles. The number of sulfonamides is 1. The molecule has 0 aliphatic rings. The number of benzene rings is 3. The summed E-state index contributed by atoms with van der Waals surface area (Å²) in [5.41, 5.74) is 3.95. The normalized spacial score (nSPS) is 12.0. The van der Waals surface area contributed by atoms with Gasteiger partial charge in [0.1, 0.15) is 12.6 Å². The number of nitrogens with zero attached hydrogens (tertiary/aromatic N) is 2. The number of nitrogens with one attached hydrogen (secondary N) is 1. The van der Waals surface area contributed by atoms with Crippen molar-refractivity contribution in [3.63, 3.8) is 0 Å². The van der Waals surface area contributed by atoms with Crippen molar-refractivity contribution in [2.45, 2.75) is 39.8 Å². The lowest BCUT2D eigenvalue weighted by molar-refractivity contribution is -0.140. The van der Waals surface area contributed by atoms with Crippen molar-refractivity contribution < 1.29 is 18.0 Å². The summed E-state index contributed by atoms with van der Waals surface area (Å²) in [6.07, 6.45) is 1.39. The molecule has 0 fully saturated rings. The highest BCUT2D eigenvalue weighted by Gasteiger charge is 2.32. The molecular formula is C29H35N3O4S. The van der Waals surface area contributed by atoms with E-state index in [2.05, 4.69) is 5.32 Å². The molecule has 0 saturated heterocycles. The first-order valence-electron chi connectivity index (χ1n) is 12.3. The average Bonchev–Trinajstić information content (AvgIpc) is 2.84. The molecule has 3 aromatic carbocycles. The van der Waals surface area contributed by atoms with Crippen molar-refractivity contribution in [2.24, 2.45) is 0 Å². The molecule has 0 saturated carbocycles. The van der Waals surface area contributed by atoms with E-state index in [0.29, 0.717) is 18.7 Å². The zero-order chi connectivity index (χ0) is 27.0. The molecule has 0 bridgehead atoms. The number of aryl methyl sites for hydroxylation is 2. The molecule has 0 aliphatic carbocycles. The summed E-state index contributed by atoms with van der Waals surface area (Å²) in [7, 11) is -3.78. The Morgan fingerprint density at radius 2 is 1.41 bits per heavy atom. The van der Waals surface area contributed by atoms with Crippen LogP contribution < -0.4 is 9.62 Å².